The first kappa shape index (κ1) is 14.2. The highest BCUT2D eigenvalue weighted by Crippen LogP contribution is 2.26. The molecule has 7 nitrogen and oxygen atoms in total. The van der Waals surface area contributed by atoms with E-state index in [-0.39, 0.29) is 11.8 Å². The van der Waals surface area contributed by atoms with Crippen LogP contribution in [0.1, 0.15) is 19.3 Å². The molecule has 0 bridgehead atoms. The first-order valence-corrected chi connectivity index (χ1v) is 7.42. The number of hydrogen-bond donors (Lipinski definition) is 1. The fourth-order valence-electron chi connectivity index (χ4n) is 3.30. The van der Waals surface area contributed by atoms with Crippen LogP contribution in [-0.2, 0) is 0 Å². The van der Waals surface area contributed by atoms with E-state index in [1.165, 1.54) is 12.3 Å². The molecular formula is C14H20N4O3. The highest BCUT2D eigenvalue weighted by Gasteiger charge is 2.32. The first-order chi connectivity index (χ1) is 10.1. The van der Waals surface area contributed by atoms with Crippen molar-refractivity contribution in [3.63, 3.8) is 0 Å². The van der Waals surface area contributed by atoms with Gasteiger partial charge in [0.1, 0.15) is 12.0 Å². The van der Waals surface area contributed by atoms with Gasteiger partial charge in [-0.15, -0.1) is 0 Å². The summed E-state index contributed by atoms with van der Waals surface area (Å²) in [5.74, 6) is 0.784. The quantitative estimate of drug-likeness (QED) is 0.661. The molecule has 2 aliphatic rings. The number of nitro groups is 1. The van der Waals surface area contributed by atoms with Crippen LogP contribution in [0.4, 0.5) is 11.5 Å². The van der Waals surface area contributed by atoms with Crippen LogP contribution in [0.2, 0.25) is 0 Å². The highest BCUT2D eigenvalue weighted by molar-refractivity contribution is 5.43. The second-order valence-corrected chi connectivity index (χ2v) is 5.72. The lowest BCUT2D eigenvalue weighted by molar-refractivity contribution is -0.385. The lowest BCUT2D eigenvalue weighted by atomic mass is 10.1. The minimum atomic E-state index is -0.434. The number of piperazine rings is 1. The molecule has 0 spiro atoms. The Hall–Kier alpha value is -1.73. The van der Waals surface area contributed by atoms with E-state index >= 15 is 0 Å². The van der Waals surface area contributed by atoms with E-state index in [1.54, 1.807) is 6.07 Å². The van der Waals surface area contributed by atoms with Gasteiger partial charge in [0.2, 0.25) is 0 Å². The Bertz CT molecular complexity index is 499. The molecule has 2 atom stereocenters. The van der Waals surface area contributed by atoms with E-state index in [0.717, 1.165) is 51.3 Å². The van der Waals surface area contributed by atoms with Gasteiger partial charge in [0.15, 0.2) is 0 Å². The third-order valence-electron chi connectivity index (χ3n) is 4.49. The Kier molecular flexibility index (Phi) is 4.03. The monoisotopic (exact) mass is 292 g/mol. The summed E-state index contributed by atoms with van der Waals surface area (Å²) in [6.45, 7) is 3.49. The van der Waals surface area contributed by atoms with Gasteiger partial charge in [0.05, 0.1) is 11.0 Å². The molecule has 114 valence electrons. The predicted octanol–water partition coefficient (Wildman–Crippen LogP) is 1.03. The fraction of sp³-hybridized carbons (Fsp3) is 0.643. The summed E-state index contributed by atoms with van der Waals surface area (Å²) < 4.78 is 0. The summed E-state index contributed by atoms with van der Waals surface area (Å²) in [4.78, 5) is 18.9. The number of rotatable bonds is 3. The van der Waals surface area contributed by atoms with Gasteiger partial charge in [-0.25, -0.2) is 4.98 Å². The molecule has 2 fully saturated rings. The normalized spacial score (nSPS) is 27.0. The van der Waals surface area contributed by atoms with E-state index in [0.29, 0.717) is 6.04 Å². The van der Waals surface area contributed by atoms with Gasteiger partial charge in [-0.05, 0) is 25.3 Å². The standard InChI is InChI=1S/C14H20N4O3/c19-13-3-1-2-12(13)16-6-8-17(9-7-16)14-5-4-11(10-15-14)18(20)21/h4-5,10,12-13,19H,1-3,6-9H2/t12-,13+/m0/s1. The smallest absolute Gasteiger partial charge is 0.287 e. The van der Waals surface area contributed by atoms with Crippen molar-refractivity contribution in [3.05, 3.63) is 28.4 Å². The zero-order valence-electron chi connectivity index (χ0n) is 11.9. The topological polar surface area (TPSA) is 82.7 Å². The summed E-state index contributed by atoms with van der Waals surface area (Å²) in [6, 6.07) is 3.50. The van der Waals surface area contributed by atoms with Crippen molar-refractivity contribution in [1.82, 2.24) is 9.88 Å². The molecule has 21 heavy (non-hydrogen) atoms. The van der Waals surface area contributed by atoms with Gasteiger partial charge in [0.25, 0.3) is 5.69 Å². The lowest BCUT2D eigenvalue weighted by Gasteiger charge is -2.39. The number of aliphatic hydroxyl groups excluding tert-OH is 1. The van der Waals surface area contributed by atoms with E-state index in [1.807, 2.05) is 0 Å². The zero-order valence-corrected chi connectivity index (χ0v) is 11.9. The van der Waals surface area contributed by atoms with Gasteiger partial charge in [-0.1, -0.05) is 0 Å². The molecule has 0 aromatic carbocycles. The summed E-state index contributed by atoms with van der Waals surface area (Å²) in [5, 5.41) is 20.6. The fourth-order valence-corrected chi connectivity index (χ4v) is 3.30. The van der Waals surface area contributed by atoms with Gasteiger partial charge >= 0.3 is 0 Å². The van der Waals surface area contributed by atoms with E-state index in [9.17, 15) is 15.2 Å². The summed E-state index contributed by atoms with van der Waals surface area (Å²) in [7, 11) is 0. The van der Waals surface area contributed by atoms with E-state index in [2.05, 4.69) is 14.8 Å². The van der Waals surface area contributed by atoms with Gasteiger partial charge in [0, 0.05) is 38.3 Å². The van der Waals surface area contributed by atoms with Crippen LogP contribution in [0.3, 0.4) is 0 Å². The SMILES string of the molecule is O=[N+]([O-])c1ccc(N2CCN([C@H]3CCC[C@H]3O)CC2)nc1. The maximum absolute atomic E-state index is 10.6. The van der Waals surface area contributed by atoms with Crippen molar-refractivity contribution in [3.8, 4) is 0 Å². The van der Waals surface area contributed by atoms with Crippen molar-refractivity contribution in [2.45, 2.75) is 31.4 Å². The number of aliphatic hydroxyl groups is 1. The van der Waals surface area contributed by atoms with Crippen molar-refractivity contribution in [2.75, 3.05) is 31.1 Å². The van der Waals surface area contributed by atoms with E-state index in [4.69, 9.17) is 0 Å². The molecule has 1 aromatic rings. The Balaban J connectivity index is 1.59. The highest BCUT2D eigenvalue weighted by atomic mass is 16.6. The van der Waals surface area contributed by atoms with Crippen LogP contribution in [0.25, 0.3) is 0 Å². The predicted molar refractivity (Wildman–Crippen MR) is 78.3 cm³/mol. The maximum Gasteiger partial charge on any atom is 0.287 e. The number of anilines is 1. The number of aromatic nitrogens is 1. The third kappa shape index (κ3) is 2.98. The molecule has 1 aromatic heterocycles. The Morgan fingerprint density at radius 1 is 1.24 bits per heavy atom. The molecular weight excluding hydrogens is 272 g/mol. The molecule has 0 unspecified atom stereocenters. The van der Waals surface area contributed by atoms with Crippen molar-refractivity contribution in [1.29, 1.82) is 0 Å². The maximum atomic E-state index is 10.6. The van der Waals surface area contributed by atoms with E-state index < -0.39 is 4.92 Å². The van der Waals surface area contributed by atoms with Crippen LogP contribution >= 0.6 is 0 Å². The molecule has 1 aliphatic carbocycles. The van der Waals surface area contributed by atoms with Crippen molar-refractivity contribution < 1.29 is 10.0 Å². The van der Waals surface area contributed by atoms with Crippen LogP contribution in [0.15, 0.2) is 18.3 Å². The molecule has 0 radical (unpaired) electrons. The number of nitrogens with zero attached hydrogens (tertiary/aromatic N) is 4. The molecule has 3 rings (SSSR count). The van der Waals surface area contributed by atoms with Crippen molar-refractivity contribution in [2.24, 2.45) is 0 Å². The molecule has 7 heteroatoms. The van der Waals surface area contributed by atoms with Gasteiger partial charge in [-0.3, -0.25) is 15.0 Å². The average Bonchev–Trinajstić information content (AvgIpc) is 2.94. The number of pyridine rings is 1. The lowest BCUT2D eigenvalue weighted by Crippen LogP contribution is -2.52. The Morgan fingerprint density at radius 2 is 2.00 bits per heavy atom. The molecule has 1 N–H and O–H groups in total. The second kappa shape index (κ2) is 5.95. The third-order valence-corrected chi connectivity index (χ3v) is 4.49. The molecule has 0 amide bonds. The molecule has 1 saturated carbocycles. The summed E-state index contributed by atoms with van der Waals surface area (Å²) in [5.41, 5.74) is 0.0199. The minimum Gasteiger partial charge on any atom is -0.391 e. The van der Waals surface area contributed by atoms with Crippen LogP contribution in [0.5, 0.6) is 0 Å². The van der Waals surface area contributed by atoms with Crippen LogP contribution in [0, 0.1) is 10.1 Å². The molecule has 2 heterocycles. The van der Waals surface area contributed by atoms with Crippen LogP contribution in [-0.4, -0.2) is 58.2 Å². The summed E-state index contributed by atoms with van der Waals surface area (Å²) >= 11 is 0. The average molecular weight is 292 g/mol. The second-order valence-electron chi connectivity index (χ2n) is 5.72. The van der Waals surface area contributed by atoms with Crippen molar-refractivity contribution >= 4 is 11.5 Å². The molecule has 1 aliphatic heterocycles. The Labute approximate surface area is 123 Å². The van der Waals surface area contributed by atoms with Crippen LogP contribution < -0.4 is 4.90 Å². The zero-order chi connectivity index (χ0) is 14.8. The molecule has 1 saturated heterocycles. The Morgan fingerprint density at radius 3 is 2.52 bits per heavy atom. The summed E-state index contributed by atoms with van der Waals surface area (Å²) in [6.07, 6.45) is 4.22. The largest absolute Gasteiger partial charge is 0.391 e. The number of hydrogen-bond acceptors (Lipinski definition) is 6. The minimum absolute atomic E-state index is 0.0199. The van der Waals surface area contributed by atoms with Gasteiger partial charge in [-0.2, -0.15) is 0 Å². The first-order valence-electron chi connectivity index (χ1n) is 7.42. The van der Waals surface area contributed by atoms with Gasteiger partial charge < -0.3 is 10.0 Å².